The van der Waals surface area contributed by atoms with Crippen LogP contribution < -0.4 is 10.1 Å². The molecule has 0 aliphatic carbocycles. The van der Waals surface area contributed by atoms with Gasteiger partial charge in [0.25, 0.3) is 0 Å². The van der Waals surface area contributed by atoms with E-state index in [1.54, 1.807) is 11.8 Å². The van der Waals surface area contributed by atoms with Gasteiger partial charge in [-0.3, -0.25) is 0 Å². The van der Waals surface area contributed by atoms with Crippen LogP contribution in [0.3, 0.4) is 0 Å². The molecule has 0 saturated heterocycles. The lowest BCUT2D eigenvalue weighted by Gasteiger charge is -2.14. The molecule has 0 bridgehead atoms. The van der Waals surface area contributed by atoms with Crippen LogP contribution in [0, 0.1) is 13.8 Å². The largest absolute Gasteiger partial charge is 0.437 e. The SMILES string of the molecule is CCCNc1nc(C)nc(Oc2ccccc2SC)c1C. The first-order chi connectivity index (χ1) is 10.2. The van der Waals surface area contributed by atoms with E-state index in [2.05, 4.69) is 22.2 Å². The highest BCUT2D eigenvalue weighted by Crippen LogP contribution is 2.33. The molecule has 0 aliphatic rings. The van der Waals surface area contributed by atoms with E-state index in [1.807, 2.05) is 44.4 Å². The van der Waals surface area contributed by atoms with E-state index in [-0.39, 0.29) is 0 Å². The van der Waals surface area contributed by atoms with E-state index in [9.17, 15) is 0 Å². The Morgan fingerprint density at radius 1 is 1.19 bits per heavy atom. The van der Waals surface area contributed by atoms with Crippen LogP contribution in [0.25, 0.3) is 0 Å². The molecule has 5 heteroatoms. The van der Waals surface area contributed by atoms with Crippen molar-refractivity contribution in [1.82, 2.24) is 9.97 Å². The first kappa shape index (κ1) is 15.6. The normalized spacial score (nSPS) is 10.5. The van der Waals surface area contributed by atoms with Gasteiger partial charge in [0.15, 0.2) is 0 Å². The number of ether oxygens (including phenoxy) is 1. The molecule has 0 saturated carbocycles. The maximum Gasteiger partial charge on any atom is 0.227 e. The number of thioether (sulfide) groups is 1. The van der Waals surface area contributed by atoms with Gasteiger partial charge in [-0.25, -0.2) is 4.98 Å². The summed E-state index contributed by atoms with van der Waals surface area (Å²) < 4.78 is 6.02. The number of rotatable bonds is 6. The molecule has 0 spiro atoms. The van der Waals surface area contributed by atoms with E-state index in [1.165, 1.54) is 0 Å². The van der Waals surface area contributed by atoms with Crippen LogP contribution in [0.15, 0.2) is 29.2 Å². The standard InChI is InChI=1S/C16H21N3OS/c1-5-10-17-15-11(2)16(19-12(3)18-15)20-13-8-6-7-9-14(13)21-4/h6-9H,5,10H2,1-4H3,(H,17,18,19). The summed E-state index contributed by atoms with van der Waals surface area (Å²) in [6.07, 6.45) is 3.09. The van der Waals surface area contributed by atoms with Crippen molar-refractivity contribution in [2.45, 2.75) is 32.1 Å². The second kappa shape index (κ2) is 7.31. The Labute approximate surface area is 130 Å². The van der Waals surface area contributed by atoms with Crippen molar-refractivity contribution in [3.63, 3.8) is 0 Å². The van der Waals surface area contributed by atoms with Crippen LogP contribution in [0.4, 0.5) is 5.82 Å². The minimum absolute atomic E-state index is 0.614. The van der Waals surface area contributed by atoms with Crippen LogP contribution in [0.5, 0.6) is 11.6 Å². The van der Waals surface area contributed by atoms with Crippen molar-refractivity contribution in [3.05, 3.63) is 35.7 Å². The summed E-state index contributed by atoms with van der Waals surface area (Å²) in [4.78, 5) is 9.97. The topological polar surface area (TPSA) is 47.0 Å². The molecule has 0 aliphatic heterocycles. The average molecular weight is 303 g/mol. The maximum absolute atomic E-state index is 6.02. The molecule has 2 aromatic rings. The van der Waals surface area contributed by atoms with Gasteiger partial charge >= 0.3 is 0 Å². The minimum atomic E-state index is 0.614. The number of aryl methyl sites for hydroxylation is 1. The van der Waals surface area contributed by atoms with E-state index in [4.69, 9.17) is 4.74 Å². The molecule has 0 unspecified atom stereocenters. The number of nitrogens with one attached hydrogen (secondary N) is 1. The van der Waals surface area contributed by atoms with Crippen LogP contribution in [0.2, 0.25) is 0 Å². The number of aromatic nitrogens is 2. The molecule has 2 rings (SSSR count). The van der Waals surface area contributed by atoms with Gasteiger partial charge in [0, 0.05) is 11.4 Å². The van der Waals surface area contributed by atoms with Crippen molar-refractivity contribution in [2.75, 3.05) is 18.1 Å². The summed E-state index contributed by atoms with van der Waals surface area (Å²) in [7, 11) is 0. The summed E-state index contributed by atoms with van der Waals surface area (Å²) in [5.74, 6) is 2.99. The first-order valence-corrected chi connectivity index (χ1v) is 8.28. The summed E-state index contributed by atoms with van der Waals surface area (Å²) in [5.41, 5.74) is 0.935. The predicted molar refractivity (Wildman–Crippen MR) is 88.6 cm³/mol. The quantitative estimate of drug-likeness (QED) is 0.800. The van der Waals surface area contributed by atoms with Gasteiger partial charge in [0.2, 0.25) is 5.88 Å². The third-order valence-electron chi connectivity index (χ3n) is 3.03. The molecule has 0 atom stereocenters. The second-order valence-electron chi connectivity index (χ2n) is 4.73. The zero-order valence-electron chi connectivity index (χ0n) is 12.9. The first-order valence-electron chi connectivity index (χ1n) is 7.05. The summed E-state index contributed by atoms with van der Waals surface area (Å²) in [6, 6.07) is 7.97. The third kappa shape index (κ3) is 3.88. The summed E-state index contributed by atoms with van der Waals surface area (Å²) >= 11 is 1.66. The zero-order valence-corrected chi connectivity index (χ0v) is 13.8. The molecule has 1 aromatic heterocycles. The van der Waals surface area contributed by atoms with Crippen LogP contribution in [-0.2, 0) is 0 Å². The van der Waals surface area contributed by atoms with Crippen molar-refractivity contribution in [3.8, 4) is 11.6 Å². The molecule has 1 aromatic carbocycles. The van der Waals surface area contributed by atoms with E-state index < -0.39 is 0 Å². The smallest absolute Gasteiger partial charge is 0.227 e. The number of benzene rings is 1. The van der Waals surface area contributed by atoms with E-state index in [0.29, 0.717) is 11.7 Å². The Kier molecular flexibility index (Phi) is 5.44. The third-order valence-corrected chi connectivity index (χ3v) is 3.81. The minimum Gasteiger partial charge on any atom is -0.437 e. The van der Waals surface area contributed by atoms with Gasteiger partial charge in [0.05, 0.1) is 5.56 Å². The number of para-hydroxylation sites is 1. The van der Waals surface area contributed by atoms with Gasteiger partial charge in [-0.2, -0.15) is 4.98 Å². The Balaban J connectivity index is 2.33. The lowest BCUT2D eigenvalue weighted by Crippen LogP contribution is -2.07. The second-order valence-corrected chi connectivity index (χ2v) is 5.58. The molecular weight excluding hydrogens is 282 g/mol. The number of hydrogen-bond acceptors (Lipinski definition) is 5. The molecule has 1 N–H and O–H groups in total. The summed E-state index contributed by atoms with van der Waals surface area (Å²) in [5, 5.41) is 3.32. The molecular formula is C16H21N3OS. The number of anilines is 1. The fourth-order valence-corrected chi connectivity index (χ4v) is 2.45. The highest BCUT2D eigenvalue weighted by atomic mass is 32.2. The summed E-state index contributed by atoms with van der Waals surface area (Å²) in [6.45, 7) is 6.87. The van der Waals surface area contributed by atoms with Gasteiger partial charge in [-0.1, -0.05) is 19.1 Å². The highest BCUT2D eigenvalue weighted by molar-refractivity contribution is 7.98. The molecule has 21 heavy (non-hydrogen) atoms. The number of nitrogens with zero attached hydrogens (tertiary/aromatic N) is 2. The van der Waals surface area contributed by atoms with Gasteiger partial charge < -0.3 is 10.1 Å². The predicted octanol–water partition coefficient (Wildman–Crippen LogP) is 4.43. The highest BCUT2D eigenvalue weighted by Gasteiger charge is 2.12. The fraction of sp³-hybridized carbons (Fsp3) is 0.375. The van der Waals surface area contributed by atoms with Crippen molar-refractivity contribution in [1.29, 1.82) is 0 Å². The maximum atomic E-state index is 6.02. The molecule has 0 radical (unpaired) electrons. The lowest BCUT2D eigenvalue weighted by molar-refractivity contribution is 0.445. The lowest BCUT2D eigenvalue weighted by atomic mass is 10.3. The molecule has 0 fully saturated rings. The Bertz CT molecular complexity index is 616. The van der Waals surface area contributed by atoms with E-state index in [0.717, 1.165) is 35.0 Å². The van der Waals surface area contributed by atoms with Crippen LogP contribution >= 0.6 is 11.8 Å². The Morgan fingerprint density at radius 3 is 2.67 bits per heavy atom. The van der Waals surface area contributed by atoms with Gasteiger partial charge in [-0.15, -0.1) is 11.8 Å². The van der Waals surface area contributed by atoms with Crippen molar-refractivity contribution >= 4 is 17.6 Å². The molecule has 4 nitrogen and oxygen atoms in total. The molecule has 0 amide bonds. The Hall–Kier alpha value is -1.75. The average Bonchev–Trinajstić information content (AvgIpc) is 2.49. The fourth-order valence-electron chi connectivity index (χ4n) is 1.92. The molecule has 112 valence electrons. The van der Waals surface area contributed by atoms with Crippen molar-refractivity contribution < 1.29 is 4.74 Å². The van der Waals surface area contributed by atoms with Crippen LogP contribution in [0.1, 0.15) is 24.7 Å². The monoisotopic (exact) mass is 303 g/mol. The van der Waals surface area contributed by atoms with Crippen LogP contribution in [-0.4, -0.2) is 22.8 Å². The number of hydrogen-bond donors (Lipinski definition) is 1. The Morgan fingerprint density at radius 2 is 1.95 bits per heavy atom. The zero-order chi connectivity index (χ0) is 15.2. The van der Waals surface area contributed by atoms with Crippen molar-refractivity contribution in [2.24, 2.45) is 0 Å². The van der Waals surface area contributed by atoms with Gasteiger partial charge in [0.1, 0.15) is 17.4 Å². The van der Waals surface area contributed by atoms with Gasteiger partial charge in [-0.05, 0) is 38.7 Å². The van der Waals surface area contributed by atoms with E-state index >= 15 is 0 Å². The molecule has 1 heterocycles.